The predicted octanol–water partition coefficient (Wildman–Crippen LogP) is -2.84. The first kappa shape index (κ1) is 22.0. The normalized spacial score (nSPS) is 19.4. The van der Waals surface area contributed by atoms with Crippen LogP contribution in [0.4, 0.5) is 0 Å². The lowest BCUT2D eigenvalue weighted by Crippen LogP contribution is -2.58. The molecule has 1 saturated heterocycles. The number of esters is 1. The highest BCUT2D eigenvalue weighted by molar-refractivity contribution is 5.78. The van der Waals surface area contributed by atoms with Crippen molar-refractivity contribution in [2.45, 2.75) is 39.0 Å². The second-order valence-electron chi connectivity index (χ2n) is 6.96. The van der Waals surface area contributed by atoms with E-state index in [1.54, 1.807) is 6.92 Å². The molecule has 3 rings (SSSR count). The van der Waals surface area contributed by atoms with Crippen LogP contribution in [0.3, 0.4) is 0 Å². The standard InChI is InChI=1S/C18H24N3O9/c1-4-27-16(24)18(2,3)30-17(25)29-10-28-14-11(22)5-6-21-13(14)15(23)20-7-8-26-9-12(20)19-21/h5-6,12,17,25H,4,7-10H2,1-3H3/q-1/t12-,17?/m0/s1. The second kappa shape index (κ2) is 9.00. The van der Waals surface area contributed by atoms with Gasteiger partial charge in [0.15, 0.2) is 18.1 Å². The van der Waals surface area contributed by atoms with Crippen LogP contribution in [0, 0.1) is 0 Å². The molecule has 1 fully saturated rings. The van der Waals surface area contributed by atoms with E-state index in [0.29, 0.717) is 13.2 Å². The number of hydrogen-bond acceptors (Lipinski definition) is 11. The number of fused-ring (bicyclic) bond motifs is 2. The van der Waals surface area contributed by atoms with Crippen molar-refractivity contribution in [3.63, 3.8) is 0 Å². The van der Waals surface area contributed by atoms with E-state index in [1.807, 2.05) is 0 Å². The quantitative estimate of drug-likeness (QED) is 0.261. The molecule has 0 aliphatic carbocycles. The fraction of sp³-hybridized carbons (Fsp3) is 0.611. The van der Waals surface area contributed by atoms with Crippen molar-refractivity contribution in [2.75, 3.05) is 33.2 Å². The first-order valence-electron chi connectivity index (χ1n) is 9.37. The minimum atomic E-state index is -1.84. The molecule has 1 aromatic rings. The highest BCUT2D eigenvalue weighted by atomic mass is 16.8. The highest BCUT2D eigenvalue weighted by Gasteiger charge is 2.34. The van der Waals surface area contributed by atoms with E-state index in [4.69, 9.17) is 23.7 Å². The zero-order chi connectivity index (χ0) is 21.9. The Kier molecular flexibility index (Phi) is 6.61. The molecule has 3 heterocycles. The van der Waals surface area contributed by atoms with Gasteiger partial charge in [-0.2, -0.15) is 0 Å². The molecule has 0 radical (unpaired) electrons. The van der Waals surface area contributed by atoms with E-state index in [1.165, 1.54) is 35.4 Å². The summed E-state index contributed by atoms with van der Waals surface area (Å²) in [5.41, 5.74) is -1.47. The number of carbonyl (C=O) groups is 1. The summed E-state index contributed by atoms with van der Waals surface area (Å²) >= 11 is 0. The molecule has 2 aliphatic rings. The van der Waals surface area contributed by atoms with Gasteiger partial charge >= 0.3 is 5.97 Å². The molecular formula is C18H24N3O9-. The number of rotatable bonds is 8. The van der Waals surface area contributed by atoms with E-state index in [2.05, 4.69) is 5.11 Å². The van der Waals surface area contributed by atoms with Crippen LogP contribution in [0.5, 0.6) is 11.5 Å². The molecular weight excluding hydrogens is 402 g/mol. The molecule has 0 aromatic carbocycles. The molecule has 30 heavy (non-hydrogen) atoms. The van der Waals surface area contributed by atoms with Gasteiger partial charge < -0.3 is 39.2 Å². The zero-order valence-electron chi connectivity index (χ0n) is 16.9. The average molecular weight is 426 g/mol. The summed E-state index contributed by atoms with van der Waals surface area (Å²) in [5.74, 6) is -1.93. The largest absolute Gasteiger partial charge is 0.870 e. The summed E-state index contributed by atoms with van der Waals surface area (Å²) in [6.45, 7) is 3.10. The van der Waals surface area contributed by atoms with Gasteiger partial charge in [0.25, 0.3) is 11.8 Å². The maximum absolute atomic E-state index is 12.8. The smallest absolute Gasteiger partial charge is 0.338 e. The molecule has 12 heteroatoms. The third kappa shape index (κ3) is 4.56. The van der Waals surface area contributed by atoms with Gasteiger partial charge in [0, 0.05) is 18.5 Å². The van der Waals surface area contributed by atoms with Gasteiger partial charge in [-0.25, -0.2) is 4.79 Å². The number of morpholine rings is 1. The van der Waals surface area contributed by atoms with Gasteiger partial charge in [-0.3, -0.25) is 4.74 Å². The molecule has 0 saturated carbocycles. The van der Waals surface area contributed by atoms with Crippen LogP contribution in [0.1, 0.15) is 20.8 Å². The summed E-state index contributed by atoms with van der Waals surface area (Å²) < 4.78 is 26.9. The van der Waals surface area contributed by atoms with E-state index < -0.39 is 42.6 Å². The SMILES string of the molecule is CCOC(=O)C(C)(C)OC(O)OCOc1c([O-])cc[n+]2c1=C([O-])N1CCOC[C@H]1N=2. The Morgan fingerprint density at radius 2 is 2.27 bits per heavy atom. The first-order chi connectivity index (χ1) is 14.2. The topological polar surface area (TPSA) is 151 Å². The number of hydrogen-bond donors (Lipinski definition) is 1. The molecule has 1 unspecified atom stereocenters. The van der Waals surface area contributed by atoms with Crippen LogP contribution < -0.4 is 24.7 Å². The van der Waals surface area contributed by atoms with Crippen molar-refractivity contribution >= 4 is 11.9 Å². The summed E-state index contributed by atoms with van der Waals surface area (Å²) in [4.78, 5) is 13.3. The molecule has 1 N–H and O–H groups in total. The van der Waals surface area contributed by atoms with Crippen LogP contribution in [-0.2, 0) is 23.7 Å². The van der Waals surface area contributed by atoms with Crippen LogP contribution in [-0.4, -0.2) is 67.4 Å². The van der Waals surface area contributed by atoms with Crippen LogP contribution in [0.25, 0.3) is 5.88 Å². The average Bonchev–Trinajstić information content (AvgIpc) is 2.70. The van der Waals surface area contributed by atoms with Crippen molar-refractivity contribution in [1.29, 1.82) is 0 Å². The van der Waals surface area contributed by atoms with E-state index in [-0.39, 0.29) is 24.3 Å². The lowest BCUT2D eigenvalue weighted by molar-refractivity contribution is -0.581. The first-order valence-corrected chi connectivity index (χ1v) is 9.37. The van der Waals surface area contributed by atoms with Gasteiger partial charge in [0.1, 0.15) is 0 Å². The van der Waals surface area contributed by atoms with Gasteiger partial charge in [0.05, 0.1) is 19.8 Å². The van der Waals surface area contributed by atoms with Crippen LogP contribution in [0.15, 0.2) is 17.4 Å². The van der Waals surface area contributed by atoms with Crippen molar-refractivity contribution in [3.8, 4) is 11.5 Å². The van der Waals surface area contributed by atoms with Crippen molar-refractivity contribution in [1.82, 2.24) is 4.90 Å². The summed E-state index contributed by atoms with van der Waals surface area (Å²) in [5, 5.41) is 39.3. The molecule has 0 spiro atoms. The van der Waals surface area contributed by atoms with Crippen LogP contribution >= 0.6 is 0 Å². The number of pyridine rings is 1. The third-order valence-electron chi connectivity index (χ3n) is 4.44. The number of carbonyl (C=O) groups excluding carboxylic acids is 1. The van der Waals surface area contributed by atoms with Gasteiger partial charge in [-0.15, -0.1) is 0 Å². The minimum absolute atomic E-state index is 0.0495. The van der Waals surface area contributed by atoms with E-state index >= 15 is 0 Å². The molecule has 0 amide bonds. The number of aromatic nitrogens is 1. The van der Waals surface area contributed by atoms with Crippen LogP contribution in [0.2, 0.25) is 0 Å². The second-order valence-corrected chi connectivity index (χ2v) is 6.96. The monoisotopic (exact) mass is 426 g/mol. The Labute approximate surface area is 172 Å². The Morgan fingerprint density at radius 3 is 3.00 bits per heavy atom. The highest BCUT2D eigenvalue weighted by Crippen LogP contribution is 2.20. The van der Waals surface area contributed by atoms with E-state index in [0.717, 1.165) is 0 Å². The van der Waals surface area contributed by atoms with Crippen molar-refractivity contribution in [2.24, 2.45) is 5.11 Å². The molecule has 1 aromatic heterocycles. The Morgan fingerprint density at radius 1 is 1.50 bits per heavy atom. The predicted molar refractivity (Wildman–Crippen MR) is 92.6 cm³/mol. The fourth-order valence-electron chi connectivity index (χ4n) is 2.93. The van der Waals surface area contributed by atoms with Crippen molar-refractivity contribution < 1.29 is 48.2 Å². The molecule has 12 nitrogen and oxygen atoms in total. The summed E-state index contributed by atoms with van der Waals surface area (Å²) in [6.07, 6.45) is 0.889. The molecule has 166 valence electrons. The number of aliphatic hydroxyl groups is 1. The number of aliphatic hydroxyl groups excluding tert-OH is 1. The number of ether oxygens (including phenoxy) is 5. The summed E-state index contributed by atoms with van der Waals surface area (Å²) in [7, 11) is 0. The lowest BCUT2D eigenvalue weighted by Gasteiger charge is -2.37. The van der Waals surface area contributed by atoms with Gasteiger partial charge in [0.2, 0.25) is 12.4 Å². The fourth-order valence-corrected chi connectivity index (χ4v) is 2.93. The summed E-state index contributed by atoms with van der Waals surface area (Å²) in [6, 6.07) is 1.20. The lowest BCUT2D eigenvalue weighted by atomic mass is 10.1. The minimum Gasteiger partial charge on any atom is -0.870 e. The Hall–Kier alpha value is -2.67. The number of nitrogens with zero attached hydrogens (tertiary/aromatic N) is 3. The molecule has 2 atom stereocenters. The Bertz CT molecular complexity index is 905. The van der Waals surface area contributed by atoms with Gasteiger partial charge in [-0.05, 0) is 25.9 Å². The maximum atomic E-state index is 12.8. The van der Waals surface area contributed by atoms with Crippen molar-refractivity contribution in [3.05, 3.63) is 17.6 Å². The molecule has 2 aliphatic heterocycles. The molecule has 0 bridgehead atoms. The Balaban J connectivity index is 1.72. The zero-order valence-corrected chi connectivity index (χ0v) is 16.9. The third-order valence-corrected chi connectivity index (χ3v) is 4.44. The maximum Gasteiger partial charge on any atom is 0.338 e. The van der Waals surface area contributed by atoms with E-state index in [9.17, 15) is 20.1 Å². The van der Waals surface area contributed by atoms with Gasteiger partial charge in [-0.1, -0.05) is 10.1 Å².